The van der Waals surface area contributed by atoms with Crippen LogP contribution in [-0.4, -0.2) is 4.98 Å². The molecular weight excluding hydrogens is 270 g/mol. The number of aromatic nitrogens is 1. The zero-order chi connectivity index (χ0) is 14.7. The number of hydrogen-bond acceptors (Lipinski definition) is 2. The number of hydrogen-bond donors (Lipinski definition) is 1. The van der Waals surface area contributed by atoms with Gasteiger partial charge in [-0.3, -0.25) is 4.98 Å². The molecule has 0 saturated carbocycles. The fraction of sp³-hybridized carbons (Fsp3) is 0.118. The highest BCUT2D eigenvalue weighted by atomic mass is 19.1. The average molecular weight is 284 g/mol. The largest absolute Gasteiger partial charge is 0.308 e. The molecule has 0 fully saturated rings. The van der Waals surface area contributed by atoms with Gasteiger partial charge in [0.15, 0.2) is 0 Å². The van der Waals surface area contributed by atoms with Crippen molar-refractivity contribution in [2.45, 2.75) is 13.1 Å². The van der Waals surface area contributed by atoms with Crippen molar-refractivity contribution in [3.05, 3.63) is 77.5 Å². The van der Waals surface area contributed by atoms with Crippen LogP contribution in [-0.2, 0) is 13.1 Å². The van der Waals surface area contributed by atoms with Crippen molar-refractivity contribution >= 4 is 10.9 Å². The summed E-state index contributed by atoms with van der Waals surface area (Å²) < 4.78 is 26.4. The first-order chi connectivity index (χ1) is 10.2. The maximum Gasteiger partial charge on any atom is 0.130 e. The van der Waals surface area contributed by atoms with Gasteiger partial charge in [-0.05, 0) is 17.7 Å². The number of nitrogens with zero attached hydrogens (tertiary/aromatic N) is 1. The summed E-state index contributed by atoms with van der Waals surface area (Å²) in [6.45, 7) is 0.917. The van der Waals surface area contributed by atoms with Crippen molar-refractivity contribution in [1.82, 2.24) is 10.3 Å². The molecule has 3 rings (SSSR count). The van der Waals surface area contributed by atoms with E-state index in [9.17, 15) is 8.78 Å². The average Bonchev–Trinajstić information content (AvgIpc) is 2.50. The molecule has 1 heterocycles. The summed E-state index contributed by atoms with van der Waals surface area (Å²) in [6.07, 6.45) is 1.76. The SMILES string of the molecule is Fc1ccc(CNCc2cccc3cccnc23)c(F)c1. The van der Waals surface area contributed by atoms with Crippen LogP contribution in [0.2, 0.25) is 0 Å². The van der Waals surface area contributed by atoms with Crippen molar-refractivity contribution < 1.29 is 8.78 Å². The van der Waals surface area contributed by atoms with E-state index in [2.05, 4.69) is 10.3 Å². The summed E-state index contributed by atoms with van der Waals surface area (Å²) in [5.41, 5.74) is 2.44. The molecular formula is C17H14F2N2. The van der Waals surface area contributed by atoms with E-state index >= 15 is 0 Å². The van der Waals surface area contributed by atoms with Crippen LogP contribution >= 0.6 is 0 Å². The molecule has 0 bridgehead atoms. The van der Waals surface area contributed by atoms with Gasteiger partial charge in [0.2, 0.25) is 0 Å². The summed E-state index contributed by atoms with van der Waals surface area (Å²) in [6, 6.07) is 13.5. The van der Waals surface area contributed by atoms with Crippen molar-refractivity contribution in [1.29, 1.82) is 0 Å². The quantitative estimate of drug-likeness (QED) is 0.788. The van der Waals surface area contributed by atoms with E-state index in [4.69, 9.17) is 0 Å². The lowest BCUT2D eigenvalue weighted by molar-refractivity contribution is 0.560. The Labute approximate surface area is 121 Å². The van der Waals surface area contributed by atoms with Crippen molar-refractivity contribution in [2.75, 3.05) is 0 Å². The maximum absolute atomic E-state index is 13.5. The highest BCUT2D eigenvalue weighted by molar-refractivity contribution is 5.81. The first-order valence-corrected chi connectivity index (χ1v) is 6.71. The van der Waals surface area contributed by atoms with Gasteiger partial charge in [-0.2, -0.15) is 0 Å². The lowest BCUT2D eigenvalue weighted by Crippen LogP contribution is -2.14. The van der Waals surface area contributed by atoms with E-state index in [0.717, 1.165) is 22.5 Å². The Balaban J connectivity index is 1.72. The zero-order valence-corrected chi connectivity index (χ0v) is 11.3. The van der Waals surface area contributed by atoms with E-state index in [-0.39, 0.29) is 0 Å². The highest BCUT2D eigenvalue weighted by Gasteiger charge is 2.05. The number of rotatable bonds is 4. The number of pyridine rings is 1. The molecule has 2 aromatic carbocycles. The van der Waals surface area contributed by atoms with E-state index in [0.29, 0.717) is 18.7 Å². The smallest absolute Gasteiger partial charge is 0.130 e. The molecule has 1 aromatic heterocycles. The molecule has 0 amide bonds. The molecule has 0 aliphatic rings. The Hall–Kier alpha value is -2.33. The number of para-hydroxylation sites is 1. The van der Waals surface area contributed by atoms with Gasteiger partial charge in [0.05, 0.1) is 5.52 Å². The van der Waals surface area contributed by atoms with Gasteiger partial charge in [-0.15, -0.1) is 0 Å². The summed E-state index contributed by atoms with van der Waals surface area (Å²) in [5.74, 6) is -1.09. The second-order valence-corrected chi connectivity index (χ2v) is 4.83. The van der Waals surface area contributed by atoms with Crippen LogP contribution in [0.5, 0.6) is 0 Å². The third kappa shape index (κ3) is 3.06. The monoisotopic (exact) mass is 284 g/mol. The first kappa shape index (κ1) is 13.6. The molecule has 0 saturated heterocycles. The molecule has 0 radical (unpaired) electrons. The number of benzene rings is 2. The number of nitrogens with one attached hydrogen (secondary N) is 1. The van der Waals surface area contributed by atoms with Crippen LogP contribution in [0, 0.1) is 11.6 Å². The van der Waals surface area contributed by atoms with Crippen LogP contribution in [0.1, 0.15) is 11.1 Å². The molecule has 106 valence electrons. The van der Waals surface area contributed by atoms with Crippen LogP contribution in [0.15, 0.2) is 54.7 Å². The van der Waals surface area contributed by atoms with E-state index in [1.807, 2.05) is 30.3 Å². The second kappa shape index (κ2) is 5.97. The van der Waals surface area contributed by atoms with Gasteiger partial charge in [0.25, 0.3) is 0 Å². The second-order valence-electron chi connectivity index (χ2n) is 4.83. The zero-order valence-electron chi connectivity index (χ0n) is 11.3. The predicted molar refractivity (Wildman–Crippen MR) is 78.6 cm³/mol. The van der Waals surface area contributed by atoms with Crippen molar-refractivity contribution in [3.63, 3.8) is 0 Å². The lowest BCUT2D eigenvalue weighted by Gasteiger charge is -2.08. The molecule has 2 nitrogen and oxygen atoms in total. The van der Waals surface area contributed by atoms with Crippen LogP contribution in [0.4, 0.5) is 8.78 Å². The third-order valence-electron chi connectivity index (χ3n) is 3.36. The summed E-state index contributed by atoms with van der Waals surface area (Å²) in [5, 5.41) is 4.24. The van der Waals surface area contributed by atoms with Gasteiger partial charge < -0.3 is 5.32 Å². The van der Waals surface area contributed by atoms with E-state index < -0.39 is 11.6 Å². The van der Waals surface area contributed by atoms with Crippen LogP contribution < -0.4 is 5.32 Å². The molecule has 4 heteroatoms. The Bertz CT molecular complexity index is 766. The molecule has 0 aliphatic heterocycles. The number of halogens is 2. The molecule has 21 heavy (non-hydrogen) atoms. The normalized spacial score (nSPS) is 11.0. The lowest BCUT2D eigenvalue weighted by atomic mass is 10.1. The first-order valence-electron chi connectivity index (χ1n) is 6.71. The molecule has 0 spiro atoms. The fourth-order valence-electron chi connectivity index (χ4n) is 2.31. The molecule has 0 atom stereocenters. The Morgan fingerprint density at radius 2 is 1.71 bits per heavy atom. The summed E-state index contributed by atoms with van der Waals surface area (Å²) >= 11 is 0. The standard InChI is InChI=1S/C17H14F2N2/c18-15-7-6-13(16(19)9-15)10-20-11-14-4-1-3-12-5-2-8-21-17(12)14/h1-9,20H,10-11H2. The minimum absolute atomic E-state index is 0.343. The Kier molecular flexibility index (Phi) is 3.88. The Morgan fingerprint density at radius 1 is 0.905 bits per heavy atom. The topological polar surface area (TPSA) is 24.9 Å². The maximum atomic E-state index is 13.5. The Morgan fingerprint density at radius 3 is 2.57 bits per heavy atom. The van der Waals surface area contributed by atoms with Crippen LogP contribution in [0.25, 0.3) is 10.9 Å². The molecule has 3 aromatic rings. The highest BCUT2D eigenvalue weighted by Crippen LogP contribution is 2.16. The van der Waals surface area contributed by atoms with Gasteiger partial charge >= 0.3 is 0 Å². The molecule has 0 unspecified atom stereocenters. The minimum atomic E-state index is -0.561. The summed E-state index contributed by atoms with van der Waals surface area (Å²) in [4.78, 5) is 4.37. The third-order valence-corrected chi connectivity index (χ3v) is 3.36. The van der Waals surface area contributed by atoms with Gasteiger partial charge in [-0.25, -0.2) is 8.78 Å². The molecule has 1 N–H and O–H groups in total. The van der Waals surface area contributed by atoms with E-state index in [1.165, 1.54) is 12.1 Å². The molecule has 0 aliphatic carbocycles. The van der Waals surface area contributed by atoms with Crippen molar-refractivity contribution in [3.8, 4) is 0 Å². The fourth-order valence-corrected chi connectivity index (χ4v) is 2.31. The number of fused-ring (bicyclic) bond motifs is 1. The van der Waals surface area contributed by atoms with Crippen LogP contribution in [0.3, 0.4) is 0 Å². The van der Waals surface area contributed by atoms with Gasteiger partial charge in [-0.1, -0.05) is 30.3 Å². The predicted octanol–water partition coefficient (Wildman–Crippen LogP) is 3.80. The van der Waals surface area contributed by atoms with Crippen molar-refractivity contribution in [2.24, 2.45) is 0 Å². The van der Waals surface area contributed by atoms with Gasteiger partial charge in [0, 0.05) is 36.3 Å². The summed E-state index contributed by atoms with van der Waals surface area (Å²) in [7, 11) is 0. The van der Waals surface area contributed by atoms with E-state index in [1.54, 1.807) is 6.20 Å². The minimum Gasteiger partial charge on any atom is -0.308 e. The van der Waals surface area contributed by atoms with Gasteiger partial charge in [0.1, 0.15) is 11.6 Å².